The molecule has 0 saturated carbocycles. The van der Waals surface area contributed by atoms with E-state index in [2.05, 4.69) is 28.4 Å². The summed E-state index contributed by atoms with van der Waals surface area (Å²) in [5.41, 5.74) is 3.66. The molecular weight excluding hydrogens is 462 g/mol. The molecule has 7 nitrogen and oxygen atoms in total. The van der Waals surface area contributed by atoms with Crippen molar-refractivity contribution in [2.24, 2.45) is 0 Å². The second kappa shape index (κ2) is 10.6. The van der Waals surface area contributed by atoms with Gasteiger partial charge in [0, 0.05) is 37.6 Å². The van der Waals surface area contributed by atoms with Crippen LogP contribution in [-0.4, -0.2) is 59.2 Å². The lowest BCUT2D eigenvalue weighted by atomic mass is 10.00. The number of para-hydroxylation sites is 1. The summed E-state index contributed by atoms with van der Waals surface area (Å²) >= 11 is 1.46. The van der Waals surface area contributed by atoms with Crippen LogP contribution in [-0.2, 0) is 25.9 Å². The second-order valence-electron chi connectivity index (χ2n) is 9.03. The van der Waals surface area contributed by atoms with E-state index in [4.69, 9.17) is 4.74 Å². The van der Waals surface area contributed by atoms with Crippen LogP contribution >= 0.6 is 11.3 Å². The number of aliphatic hydroxyl groups is 1. The third-order valence-corrected chi connectivity index (χ3v) is 7.71. The highest BCUT2D eigenvalue weighted by Crippen LogP contribution is 2.29. The molecule has 3 heterocycles. The van der Waals surface area contributed by atoms with Crippen molar-refractivity contribution in [3.8, 4) is 5.75 Å². The van der Waals surface area contributed by atoms with Gasteiger partial charge in [0.25, 0.3) is 5.91 Å². The lowest BCUT2D eigenvalue weighted by Crippen LogP contribution is -2.41. The quantitative estimate of drug-likeness (QED) is 0.552. The molecule has 2 aliphatic rings. The molecule has 2 aliphatic heterocycles. The molecule has 1 aromatic heterocycles. The molecule has 1 atom stereocenters. The molecule has 182 valence electrons. The molecular formula is C27H29N3O4S. The molecule has 2 aromatic carbocycles. The molecule has 0 spiro atoms. The number of carbonyl (C=O) groups is 2. The van der Waals surface area contributed by atoms with Crippen molar-refractivity contribution in [2.75, 3.05) is 26.2 Å². The average Bonchev–Trinajstić information content (AvgIpc) is 3.31. The number of hydrogen-bond acceptors (Lipinski definition) is 6. The summed E-state index contributed by atoms with van der Waals surface area (Å²) in [4.78, 5) is 30.9. The predicted molar refractivity (Wildman–Crippen MR) is 135 cm³/mol. The van der Waals surface area contributed by atoms with Crippen LogP contribution in [0.25, 0.3) is 0 Å². The van der Waals surface area contributed by atoms with Gasteiger partial charge in [-0.25, -0.2) is 4.79 Å². The topological polar surface area (TPSA) is 82.1 Å². The molecule has 5 rings (SSSR count). The zero-order valence-corrected chi connectivity index (χ0v) is 20.3. The molecule has 0 fully saturated rings. The number of nitrogens with one attached hydrogen (secondary N) is 1. The van der Waals surface area contributed by atoms with Gasteiger partial charge in [-0.2, -0.15) is 0 Å². The van der Waals surface area contributed by atoms with Gasteiger partial charge in [-0.3, -0.25) is 9.69 Å². The second-order valence-corrected chi connectivity index (χ2v) is 10.2. The van der Waals surface area contributed by atoms with Gasteiger partial charge in [-0.15, -0.1) is 11.3 Å². The Morgan fingerprint density at radius 2 is 1.74 bits per heavy atom. The normalized spacial score (nSPS) is 16.2. The van der Waals surface area contributed by atoms with Crippen molar-refractivity contribution in [2.45, 2.75) is 32.0 Å². The minimum absolute atomic E-state index is 0.189. The summed E-state index contributed by atoms with van der Waals surface area (Å²) in [5, 5.41) is 13.4. The van der Waals surface area contributed by atoms with Crippen LogP contribution in [0, 0.1) is 0 Å². The van der Waals surface area contributed by atoms with Gasteiger partial charge in [0.1, 0.15) is 5.75 Å². The molecule has 0 radical (unpaired) electrons. The van der Waals surface area contributed by atoms with Gasteiger partial charge in [-0.1, -0.05) is 42.5 Å². The van der Waals surface area contributed by atoms with E-state index in [9.17, 15) is 14.7 Å². The Kier molecular flexibility index (Phi) is 7.13. The lowest BCUT2D eigenvalue weighted by molar-refractivity contribution is 0.0845. The molecule has 2 N–H and O–H groups in total. The predicted octanol–water partition coefficient (Wildman–Crippen LogP) is 3.45. The Bertz CT molecular complexity index is 1200. The van der Waals surface area contributed by atoms with Crippen LogP contribution < -0.4 is 10.1 Å². The van der Waals surface area contributed by atoms with Crippen LogP contribution in [0.5, 0.6) is 5.75 Å². The van der Waals surface area contributed by atoms with Gasteiger partial charge in [0.2, 0.25) is 0 Å². The molecule has 0 aliphatic carbocycles. The fourth-order valence-corrected chi connectivity index (χ4v) is 5.70. The summed E-state index contributed by atoms with van der Waals surface area (Å²) in [6, 6.07) is 19.3. The summed E-state index contributed by atoms with van der Waals surface area (Å²) in [5.74, 6) is 0.326. The highest BCUT2D eigenvalue weighted by Gasteiger charge is 2.26. The van der Waals surface area contributed by atoms with Crippen molar-refractivity contribution in [1.82, 2.24) is 15.1 Å². The first kappa shape index (κ1) is 23.5. The van der Waals surface area contributed by atoms with E-state index in [1.165, 1.54) is 22.5 Å². The van der Waals surface area contributed by atoms with Gasteiger partial charge in [0.15, 0.2) is 0 Å². The maximum absolute atomic E-state index is 12.7. The van der Waals surface area contributed by atoms with Gasteiger partial charge in [0.05, 0.1) is 17.5 Å². The third kappa shape index (κ3) is 5.73. The monoisotopic (exact) mass is 491 g/mol. The number of ether oxygens (including phenoxy) is 1. The minimum atomic E-state index is -0.637. The molecule has 8 heteroatoms. The van der Waals surface area contributed by atoms with Crippen molar-refractivity contribution in [1.29, 1.82) is 0 Å². The Balaban J connectivity index is 1.11. The summed E-state index contributed by atoms with van der Waals surface area (Å²) in [6.07, 6.45) is 0.645. The molecule has 3 aromatic rings. The van der Waals surface area contributed by atoms with Crippen molar-refractivity contribution < 1.29 is 19.4 Å². The Labute approximate surface area is 208 Å². The molecule has 2 amide bonds. The first-order valence-electron chi connectivity index (χ1n) is 11.9. The SMILES string of the molecule is O=C(NCC(O)CN1CCc2ccccc2C1)c1cc2c(s1)CCN(C(=O)Oc1ccccc1)C2. The first-order chi connectivity index (χ1) is 17.0. The molecule has 0 bridgehead atoms. The molecule has 0 saturated heterocycles. The van der Waals surface area contributed by atoms with Crippen LogP contribution in [0.4, 0.5) is 4.79 Å². The van der Waals surface area contributed by atoms with Gasteiger partial charge < -0.3 is 20.1 Å². The largest absolute Gasteiger partial charge is 0.415 e. The smallest absolute Gasteiger partial charge is 0.410 e. The fourth-order valence-electron chi connectivity index (χ4n) is 4.62. The van der Waals surface area contributed by atoms with Crippen LogP contribution in [0.1, 0.15) is 31.2 Å². The Morgan fingerprint density at radius 1 is 0.971 bits per heavy atom. The lowest BCUT2D eigenvalue weighted by Gasteiger charge is -2.30. The summed E-state index contributed by atoms with van der Waals surface area (Å²) in [7, 11) is 0. The summed E-state index contributed by atoms with van der Waals surface area (Å²) < 4.78 is 5.45. The van der Waals surface area contributed by atoms with Crippen LogP contribution in [0.2, 0.25) is 0 Å². The number of thiophene rings is 1. The number of β-amino-alcohol motifs (C(OH)–C–C–N with tert-alkyl or cyclic N) is 1. The number of nitrogens with zero attached hydrogens (tertiary/aromatic N) is 2. The van der Waals surface area contributed by atoms with Crippen molar-refractivity contribution >= 4 is 23.3 Å². The standard InChI is InChI=1S/C27H29N3O4S/c31-22(18-29-12-10-19-6-4-5-7-20(19)16-29)15-28-26(32)25-14-21-17-30(13-11-24(21)35-25)27(33)34-23-8-2-1-3-9-23/h1-9,14,22,31H,10-13,15-18H2,(H,28,32). The van der Waals surface area contributed by atoms with E-state index in [-0.39, 0.29) is 18.5 Å². The van der Waals surface area contributed by atoms with Crippen molar-refractivity contribution in [3.05, 3.63) is 87.1 Å². The molecule has 1 unspecified atom stereocenters. The Morgan fingerprint density at radius 3 is 2.57 bits per heavy atom. The van der Waals surface area contributed by atoms with E-state index in [0.29, 0.717) is 36.7 Å². The maximum Gasteiger partial charge on any atom is 0.415 e. The third-order valence-electron chi connectivity index (χ3n) is 6.47. The van der Waals surface area contributed by atoms with E-state index in [0.717, 1.165) is 30.0 Å². The zero-order valence-electron chi connectivity index (χ0n) is 19.5. The highest BCUT2D eigenvalue weighted by atomic mass is 32.1. The highest BCUT2D eigenvalue weighted by molar-refractivity contribution is 7.14. The Hall–Kier alpha value is -3.20. The van der Waals surface area contributed by atoms with Crippen molar-refractivity contribution in [3.63, 3.8) is 0 Å². The zero-order chi connectivity index (χ0) is 24.2. The number of aliphatic hydroxyl groups excluding tert-OH is 1. The first-order valence-corrected chi connectivity index (χ1v) is 12.8. The number of amides is 2. The number of carbonyl (C=O) groups excluding carboxylic acids is 2. The van der Waals surface area contributed by atoms with E-state index < -0.39 is 6.10 Å². The fraction of sp³-hybridized carbons (Fsp3) is 0.333. The summed E-state index contributed by atoms with van der Waals surface area (Å²) in [6.45, 7) is 3.43. The number of fused-ring (bicyclic) bond motifs is 2. The van der Waals surface area contributed by atoms with E-state index in [1.807, 2.05) is 30.3 Å². The van der Waals surface area contributed by atoms with E-state index in [1.54, 1.807) is 17.0 Å². The number of benzene rings is 2. The number of rotatable bonds is 6. The maximum atomic E-state index is 12.7. The van der Waals surface area contributed by atoms with Crippen LogP contribution in [0.3, 0.4) is 0 Å². The van der Waals surface area contributed by atoms with E-state index >= 15 is 0 Å². The number of hydrogen-bond donors (Lipinski definition) is 2. The van der Waals surface area contributed by atoms with Gasteiger partial charge in [-0.05, 0) is 47.7 Å². The molecule has 35 heavy (non-hydrogen) atoms. The van der Waals surface area contributed by atoms with Crippen LogP contribution in [0.15, 0.2) is 60.7 Å². The minimum Gasteiger partial charge on any atom is -0.410 e. The van der Waals surface area contributed by atoms with Gasteiger partial charge >= 0.3 is 6.09 Å². The average molecular weight is 492 g/mol.